The molecule has 0 bridgehead atoms. The number of aryl methyl sites for hydroxylation is 2. The monoisotopic (exact) mass is 294 g/mol. The summed E-state index contributed by atoms with van der Waals surface area (Å²) in [5.74, 6) is 0. The van der Waals surface area contributed by atoms with Gasteiger partial charge in [0, 0.05) is 19.8 Å². The van der Waals surface area contributed by atoms with E-state index < -0.39 is 10.0 Å². The predicted molar refractivity (Wildman–Crippen MR) is 78.0 cm³/mol. The summed E-state index contributed by atoms with van der Waals surface area (Å²) >= 11 is 0. The van der Waals surface area contributed by atoms with Gasteiger partial charge in [-0.3, -0.25) is 9.40 Å². The largest absolute Gasteiger partial charge is 0.316 e. The van der Waals surface area contributed by atoms with Crippen LogP contribution in [-0.2, 0) is 23.6 Å². The van der Waals surface area contributed by atoms with Crippen molar-refractivity contribution in [2.24, 2.45) is 7.05 Å². The topological polar surface area (TPSA) is 76.0 Å². The average Bonchev–Trinajstić information content (AvgIpc) is 2.68. The maximum atomic E-state index is 12.3. The van der Waals surface area contributed by atoms with Crippen molar-refractivity contribution in [1.82, 2.24) is 15.1 Å². The molecule has 1 heterocycles. The van der Waals surface area contributed by atoms with Gasteiger partial charge in [0.2, 0.25) is 0 Å². The molecule has 0 aliphatic rings. The smallest absolute Gasteiger partial charge is 0.262 e. The molecule has 6 nitrogen and oxygen atoms in total. The van der Waals surface area contributed by atoms with Gasteiger partial charge in [-0.1, -0.05) is 12.1 Å². The molecule has 0 unspecified atom stereocenters. The van der Waals surface area contributed by atoms with Crippen molar-refractivity contribution in [3.63, 3.8) is 0 Å². The first kappa shape index (κ1) is 14.5. The van der Waals surface area contributed by atoms with Gasteiger partial charge in [0.1, 0.15) is 0 Å². The van der Waals surface area contributed by atoms with Gasteiger partial charge in [-0.2, -0.15) is 5.10 Å². The molecule has 0 saturated heterocycles. The van der Waals surface area contributed by atoms with Crippen LogP contribution in [-0.4, -0.2) is 25.2 Å². The Morgan fingerprint density at radius 3 is 2.40 bits per heavy atom. The second-order valence-corrected chi connectivity index (χ2v) is 6.26. The highest BCUT2D eigenvalue weighted by Crippen LogP contribution is 2.18. The van der Waals surface area contributed by atoms with Crippen LogP contribution < -0.4 is 10.0 Å². The third-order valence-corrected chi connectivity index (χ3v) is 4.25. The second kappa shape index (κ2) is 5.64. The molecular weight excluding hydrogens is 276 g/mol. The van der Waals surface area contributed by atoms with E-state index in [9.17, 15) is 8.42 Å². The van der Waals surface area contributed by atoms with Gasteiger partial charge in [0.15, 0.2) is 0 Å². The Morgan fingerprint density at radius 1 is 1.25 bits per heavy atom. The summed E-state index contributed by atoms with van der Waals surface area (Å²) < 4.78 is 28.7. The number of aromatic nitrogens is 2. The van der Waals surface area contributed by atoms with E-state index in [1.54, 1.807) is 49.1 Å². The molecule has 20 heavy (non-hydrogen) atoms. The fourth-order valence-electron chi connectivity index (χ4n) is 1.89. The van der Waals surface area contributed by atoms with Crippen molar-refractivity contribution in [3.8, 4) is 0 Å². The number of hydrogen-bond acceptors (Lipinski definition) is 4. The predicted octanol–water partition coefficient (Wildman–Crippen LogP) is 1.25. The first-order valence-electron chi connectivity index (χ1n) is 6.19. The minimum Gasteiger partial charge on any atom is -0.316 e. The maximum Gasteiger partial charge on any atom is 0.262 e. The van der Waals surface area contributed by atoms with Crippen molar-refractivity contribution < 1.29 is 8.42 Å². The number of hydrogen-bond donors (Lipinski definition) is 2. The summed E-state index contributed by atoms with van der Waals surface area (Å²) in [5, 5.41) is 7.12. The van der Waals surface area contributed by atoms with Gasteiger partial charge < -0.3 is 5.32 Å². The molecular formula is C13H18N4O2S. The molecule has 0 amide bonds. The molecule has 0 aliphatic heterocycles. The van der Waals surface area contributed by atoms with Gasteiger partial charge in [-0.15, -0.1) is 0 Å². The fourth-order valence-corrected chi connectivity index (χ4v) is 3.00. The summed E-state index contributed by atoms with van der Waals surface area (Å²) in [7, 11) is 0.0141. The van der Waals surface area contributed by atoms with Crippen LogP contribution in [0.15, 0.2) is 35.4 Å². The molecule has 0 aliphatic carbocycles. The summed E-state index contributed by atoms with van der Waals surface area (Å²) in [6.07, 6.45) is 1.64. The second-order valence-electron chi connectivity index (χ2n) is 4.58. The van der Waals surface area contributed by atoms with Crippen molar-refractivity contribution in [2.45, 2.75) is 18.4 Å². The van der Waals surface area contributed by atoms with E-state index in [4.69, 9.17) is 0 Å². The zero-order chi connectivity index (χ0) is 14.8. The molecule has 0 saturated carbocycles. The Bertz CT molecular complexity index is 690. The van der Waals surface area contributed by atoms with E-state index in [1.165, 1.54) is 0 Å². The van der Waals surface area contributed by atoms with Crippen LogP contribution in [0.2, 0.25) is 0 Å². The van der Waals surface area contributed by atoms with Gasteiger partial charge in [-0.05, 0) is 31.7 Å². The molecule has 0 radical (unpaired) electrons. The quantitative estimate of drug-likeness (QED) is 0.870. The SMILES string of the molecule is CNCc1ccc(S(=O)(=O)Nc2cn(C)nc2C)cc1. The zero-order valence-electron chi connectivity index (χ0n) is 11.7. The molecule has 108 valence electrons. The van der Waals surface area contributed by atoms with E-state index in [1.807, 2.05) is 7.05 Å². The Morgan fingerprint density at radius 2 is 1.90 bits per heavy atom. The van der Waals surface area contributed by atoms with E-state index in [2.05, 4.69) is 15.1 Å². The number of benzene rings is 1. The number of anilines is 1. The lowest BCUT2D eigenvalue weighted by atomic mass is 10.2. The Balaban J connectivity index is 2.24. The minimum absolute atomic E-state index is 0.237. The molecule has 0 atom stereocenters. The van der Waals surface area contributed by atoms with Crippen LogP contribution in [0, 0.1) is 6.92 Å². The van der Waals surface area contributed by atoms with Crippen molar-refractivity contribution in [1.29, 1.82) is 0 Å². The summed E-state index contributed by atoms with van der Waals surface area (Å²) in [4.78, 5) is 0.237. The third kappa shape index (κ3) is 3.17. The summed E-state index contributed by atoms with van der Waals surface area (Å²) in [6, 6.07) is 6.78. The Kier molecular flexibility index (Phi) is 4.10. The lowest BCUT2D eigenvalue weighted by Crippen LogP contribution is -2.13. The van der Waals surface area contributed by atoms with Gasteiger partial charge >= 0.3 is 0 Å². The van der Waals surface area contributed by atoms with Crippen molar-refractivity contribution in [3.05, 3.63) is 41.7 Å². The van der Waals surface area contributed by atoms with Crippen LogP contribution in [0.3, 0.4) is 0 Å². The normalized spacial score (nSPS) is 11.6. The lowest BCUT2D eigenvalue weighted by molar-refractivity contribution is 0.601. The van der Waals surface area contributed by atoms with E-state index in [-0.39, 0.29) is 4.90 Å². The lowest BCUT2D eigenvalue weighted by Gasteiger charge is -2.07. The van der Waals surface area contributed by atoms with Crippen molar-refractivity contribution >= 4 is 15.7 Å². The molecule has 2 aromatic rings. The first-order chi connectivity index (χ1) is 9.42. The third-order valence-electron chi connectivity index (χ3n) is 2.87. The Hall–Kier alpha value is -1.86. The first-order valence-corrected chi connectivity index (χ1v) is 7.67. The van der Waals surface area contributed by atoms with E-state index >= 15 is 0 Å². The molecule has 7 heteroatoms. The van der Waals surface area contributed by atoms with Crippen LogP contribution in [0.5, 0.6) is 0 Å². The summed E-state index contributed by atoms with van der Waals surface area (Å²) in [6.45, 7) is 2.46. The van der Waals surface area contributed by atoms with Gasteiger partial charge in [-0.25, -0.2) is 8.42 Å². The zero-order valence-corrected chi connectivity index (χ0v) is 12.5. The molecule has 1 aromatic carbocycles. The average molecular weight is 294 g/mol. The van der Waals surface area contributed by atoms with Gasteiger partial charge in [0.25, 0.3) is 10.0 Å². The van der Waals surface area contributed by atoms with E-state index in [0.29, 0.717) is 17.9 Å². The van der Waals surface area contributed by atoms with Crippen molar-refractivity contribution in [2.75, 3.05) is 11.8 Å². The van der Waals surface area contributed by atoms with Crippen LogP contribution >= 0.6 is 0 Å². The van der Waals surface area contributed by atoms with Gasteiger partial charge in [0.05, 0.1) is 16.3 Å². The molecule has 0 spiro atoms. The highest BCUT2D eigenvalue weighted by Gasteiger charge is 2.16. The number of nitrogens with zero attached hydrogens (tertiary/aromatic N) is 2. The molecule has 2 N–H and O–H groups in total. The molecule has 0 fully saturated rings. The molecule has 1 aromatic heterocycles. The molecule has 2 rings (SSSR count). The van der Waals surface area contributed by atoms with E-state index in [0.717, 1.165) is 5.56 Å². The highest BCUT2D eigenvalue weighted by molar-refractivity contribution is 7.92. The number of rotatable bonds is 5. The number of nitrogens with one attached hydrogen (secondary N) is 2. The minimum atomic E-state index is -3.58. The highest BCUT2D eigenvalue weighted by atomic mass is 32.2. The van der Waals surface area contributed by atoms with Crippen LogP contribution in [0.4, 0.5) is 5.69 Å². The van der Waals surface area contributed by atoms with Crippen LogP contribution in [0.1, 0.15) is 11.3 Å². The number of sulfonamides is 1. The summed E-state index contributed by atoms with van der Waals surface area (Å²) in [5.41, 5.74) is 2.17. The Labute approximate surface area is 118 Å². The van der Waals surface area contributed by atoms with Crippen LogP contribution in [0.25, 0.3) is 0 Å². The fraction of sp³-hybridized carbons (Fsp3) is 0.308. The standard InChI is InChI=1S/C13H18N4O2S/c1-10-13(9-17(3)15-10)16-20(18,19)12-6-4-11(5-7-12)8-14-2/h4-7,9,14,16H,8H2,1-3H3. The maximum absolute atomic E-state index is 12.3.